The molecule has 0 atom stereocenters. The van der Waals surface area contributed by atoms with Crippen molar-refractivity contribution < 1.29 is 22.1 Å². The maximum absolute atomic E-state index is 12.1. The summed E-state index contributed by atoms with van der Waals surface area (Å²) in [6.07, 6.45) is 5.10. The van der Waals surface area contributed by atoms with E-state index < -0.39 is 27.9 Å². The van der Waals surface area contributed by atoms with Crippen LogP contribution in [0.5, 0.6) is 5.75 Å². The zero-order valence-electron chi connectivity index (χ0n) is 13.4. The average Bonchev–Trinajstić information content (AvgIpc) is 2.57. The normalized spacial score (nSPS) is 11.5. The van der Waals surface area contributed by atoms with Gasteiger partial charge in [-0.3, -0.25) is 8.98 Å². The van der Waals surface area contributed by atoms with Crippen molar-refractivity contribution >= 4 is 10.1 Å². The highest BCUT2D eigenvalue weighted by atomic mass is 32.2. The van der Waals surface area contributed by atoms with Crippen molar-refractivity contribution in [2.45, 2.75) is 44.1 Å². The van der Waals surface area contributed by atoms with Crippen LogP contribution >= 0.6 is 0 Å². The molecular formula is C17H20O6S. The molecule has 0 aliphatic heterocycles. The second-order valence-electron chi connectivity index (χ2n) is 5.41. The van der Waals surface area contributed by atoms with Crippen LogP contribution in [0.1, 0.15) is 37.5 Å². The minimum atomic E-state index is -3.95. The lowest BCUT2D eigenvalue weighted by Crippen LogP contribution is -2.08. The number of hydrogen-bond donors (Lipinski definition) is 1. The van der Waals surface area contributed by atoms with E-state index in [1.807, 2.05) is 0 Å². The largest absolute Gasteiger partial charge is 0.502 e. The van der Waals surface area contributed by atoms with Crippen molar-refractivity contribution in [2.75, 3.05) is 0 Å². The summed E-state index contributed by atoms with van der Waals surface area (Å²) in [5.41, 5.74) is 0.417. The zero-order valence-corrected chi connectivity index (χ0v) is 14.2. The smallest absolute Gasteiger partial charge is 0.297 e. The third-order valence-electron chi connectivity index (χ3n) is 3.50. The van der Waals surface area contributed by atoms with Crippen LogP contribution in [0, 0.1) is 0 Å². The highest BCUT2D eigenvalue weighted by Crippen LogP contribution is 2.17. The van der Waals surface area contributed by atoms with Crippen LogP contribution in [-0.2, 0) is 27.3 Å². The Morgan fingerprint density at radius 2 is 1.88 bits per heavy atom. The Labute approximate surface area is 140 Å². The lowest BCUT2D eigenvalue weighted by atomic mass is 10.1. The Bertz CT molecular complexity index is 821. The van der Waals surface area contributed by atoms with E-state index in [-0.39, 0.29) is 10.7 Å². The molecular weight excluding hydrogens is 332 g/mol. The molecule has 24 heavy (non-hydrogen) atoms. The molecule has 2 aromatic rings. The van der Waals surface area contributed by atoms with Crippen molar-refractivity contribution in [3.63, 3.8) is 0 Å². The van der Waals surface area contributed by atoms with Gasteiger partial charge in [0.05, 0.1) is 4.90 Å². The zero-order chi connectivity index (χ0) is 17.6. The number of aryl methyl sites for hydroxylation is 1. The first-order valence-corrected chi connectivity index (χ1v) is 9.12. The van der Waals surface area contributed by atoms with Crippen molar-refractivity contribution in [2.24, 2.45) is 0 Å². The Kier molecular flexibility index (Phi) is 6.16. The fourth-order valence-corrected chi connectivity index (χ4v) is 3.00. The Hall–Kier alpha value is -2.12. The van der Waals surface area contributed by atoms with Gasteiger partial charge in [-0.05, 0) is 30.5 Å². The van der Waals surface area contributed by atoms with E-state index in [9.17, 15) is 13.2 Å². The second-order valence-corrected chi connectivity index (χ2v) is 7.03. The molecule has 0 aliphatic rings. The van der Waals surface area contributed by atoms with Crippen LogP contribution in [0.3, 0.4) is 0 Å². The SMILES string of the molecule is CCCCCc1ccc(S(=O)(=O)OCc2cc(=O)c(O)co2)cc1. The molecule has 1 N–H and O–H groups in total. The molecule has 2 rings (SSSR count). The number of unbranched alkanes of at least 4 members (excludes halogenated alkanes) is 2. The molecule has 1 heterocycles. The standard InChI is InChI=1S/C17H20O6S/c1-2-3-4-5-13-6-8-15(9-7-13)24(20,21)23-11-14-10-16(18)17(19)12-22-14/h6-10,12,19H,2-5,11H2,1H3. The average molecular weight is 352 g/mol. The van der Waals surface area contributed by atoms with E-state index in [4.69, 9.17) is 13.7 Å². The van der Waals surface area contributed by atoms with Gasteiger partial charge in [0, 0.05) is 6.07 Å². The van der Waals surface area contributed by atoms with Crippen LogP contribution < -0.4 is 5.43 Å². The molecule has 1 aromatic carbocycles. The minimum absolute atomic E-state index is 0.0116. The van der Waals surface area contributed by atoms with Gasteiger partial charge in [0.1, 0.15) is 18.6 Å². The van der Waals surface area contributed by atoms with Gasteiger partial charge in [-0.2, -0.15) is 8.42 Å². The number of hydrogen-bond acceptors (Lipinski definition) is 6. The highest BCUT2D eigenvalue weighted by molar-refractivity contribution is 7.86. The summed E-state index contributed by atoms with van der Waals surface area (Å²) >= 11 is 0. The molecule has 6 nitrogen and oxygen atoms in total. The van der Waals surface area contributed by atoms with Gasteiger partial charge in [0.25, 0.3) is 10.1 Å². The Balaban J connectivity index is 2.01. The van der Waals surface area contributed by atoms with Crippen LogP contribution in [0.2, 0.25) is 0 Å². The molecule has 0 unspecified atom stereocenters. The first kappa shape index (κ1) is 18.2. The van der Waals surface area contributed by atoms with Crippen LogP contribution in [0.4, 0.5) is 0 Å². The third kappa shape index (κ3) is 4.94. The van der Waals surface area contributed by atoms with Crippen LogP contribution in [0.15, 0.2) is 50.7 Å². The second kappa shape index (κ2) is 8.12. The predicted octanol–water partition coefficient (Wildman–Crippen LogP) is 2.98. The van der Waals surface area contributed by atoms with Gasteiger partial charge in [-0.15, -0.1) is 0 Å². The first-order chi connectivity index (χ1) is 11.4. The highest BCUT2D eigenvalue weighted by Gasteiger charge is 2.16. The van der Waals surface area contributed by atoms with E-state index in [1.54, 1.807) is 12.1 Å². The van der Waals surface area contributed by atoms with Crippen molar-refractivity contribution in [3.8, 4) is 5.75 Å². The number of rotatable bonds is 8. The molecule has 130 valence electrons. The van der Waals surface area contributed by atoms with E-state index >= 15 is 0 Å². The van der Waals surface area contributed by atoms with Crippen molar-refractivity contribution in [3.05, 3.63) is 58.1 Å². The Morgan fingerprint density at radius 3 is 2.50 bits per heavy atom. The van der Waals surface area contributed by atoms with Gasteiger partial charge in [-0.1, -0.05) is 31.9 Å². The monoisotopic (exact) mass is 352 g/mol. The summed E-state index contributed by atoms with van der Waals surface area (Å²) < 4.78 is 34.1. The summed E-state index contributed by atoms with van der Waals surface area (Å²) in [4.78, 5) is 11.3. The van der Waals surface area contributed by atoms with Crippen LogP contribution in [0.25, 0.3) is 0 Å². The first-order valence-electron chi connectivity index (χ1n) is 7.71. The quantitative estimate of drug-likeness (QED) is 0.580. The Morgan fingerprint density at radius 1 is 1.17 bits per heavy atom. The molecule has 1 aromatic heterocycles. The third-order valence-corrected chi connectivity index (χ3v) is 4.78. The van der Waals surface area contributed by atoms with E-state index in [0.29, 0.717) is 0 Å². The fraction of sp³-hybridized carbons (Fsp3) is 0.353. The van der Waals surface area contributed by atoms with Gasteiger partial charge in [-0.25, -0.2) is 0 Å². The maximum Gasteiger partial charge on any atom is 0.297 e. The van der Waals surface area contributed by atoms with Crippen LogP contribution in [-0.4, -0.2) is 13.5 Å². The maximum atomic E-state index is 12.1. The molecule has 0 amide bonds. The topological polar surface area (TPSA) is 93.8 Å². The summed E-state index contributed by atoms with van der Waals surface area (Å²) in [7, 11) is -3.95. The van der Waals surface area contributed by atoms with Crippen molar-refractivity contribution in [1.82, 2.24) is 0 Å². The van der Waals surface area contributed by atoms with Crippen molar-refractivity contribution in [1.29, 1.82) is 0 Å². The lowest BCUT2D eigenvalue weighted by Gasteiger charge is -2.06. The molecule has 7 heteroatoms. The fourth-order valence-electron chi connectivity index (χ4n) is 2.13. The van der Waals surface area contributed by atoms with Gasteiger partial charge in [0.2, 0.25) is 5.43 Å². The minimum Gasteiger partial charge on any atom is -0.502 e. The summed E-state index contributed by atoms with van der Waals surface area (Å²) in [5.74, 6) is -0.530. The molecule has 0 saturated heterocycles. The van der Waals surface area contributed by atoms with Gasteiger partial charge < -0.3 is 9.52 Å². The van der Waals surface area contributed by atoms with E-state index in [0.717, 1.165) is 43.6 Å². The molecule has 0 aliphatic carbocycles. The number of aromatic hydroxyl groups is 1. The molecule has 0 spiro atoms. The molecule has 0 bridgehead atoms. The number of benzene rings is 1. The molecule has 0 saturated carbocycles. The van der Waals surface area contributed by atoms with Gasteiger partial charge >= 0.3 is 0 Å². The van der Waals surface area contributed by atoms with E-state index in [2.05, 4.69) is 6.92 Å². The summed E-state index contributed by atoms with van der Waals surface area (Å²) in [6.45, 7) is 1.71. The lowest BCUT2D eigenvalue weighted by molar-refractivity contribution is 0.267. The van der Waals surface area contributed by atoms with Gasteiger partial charge in [0.15, 0.2) is 5.75 Å². The summed E-state index contributed by atoms with van der Waals surface area (Å²) in [5, 5.41) is 9.09. The predicted molar refractivity (Wildman–Crippen MR) is 88.3 cm³/mol. The summed E-state index contributed by atoms with van der Waals surface area (Å²) in [6, 6.07) is 7.54. The molecule has 0 fully saturated rings. The van der Waals surface area contributed by atoms with E-state index in [1.165, 1.54) is 12.1 Å². The molecule has 0 radical (unpaired) electrons.